The van der Waals surface area contributed by atoms with Crippen LogP contribution in [-0.4, -0.2) is 9.55 Å². The first-order valence-electron chi connectivity index (χ1n) is 17.2. The number of nitrogens with zero attached hydrogens (tertiary/aromatic N) is 2. The van der Waals surface area contributed by atoms with Gasteiger partial charge in [0.15, 0.2) is 5.58 Å². The van der Waals surface area contributed by atoms with Gasteiger partial charge in [0.1, 0.15) is 22.6 Å². The van der Waals surface area contributed by atoms with E-state index in [2.05, 4.69) is 150 Å². The van der Waals surface area contributed by atoms with Crippen LogP contribution in [0.15, 0.2) is 179 Å². The van der Waals surface area contributed by atoms with Crippen molar-refractivity contribution >= 4 is 65.7 Å². The minimum Gasteiger partial charge on any atom is -0.456 e. The van der Waals surface area contributed by atoms with Crippen LogP contribution in [0.5, 0.6) is 0 Å². The summed E-state index contributed by atoms with van der Waals surface area (Å²) in [5, 5.41) is 6.61. The molecule has 4 nitrogen and oxygen atoms in total. The van der Waals surface area contributed by atoms with Gasteiger partial charge in [-0.05, 0) is 70.8 Å². The van der Waals surface area contributed by atoms with E-state index < -0.39 is 0 Å². The SMILES string of the molecule is c1ccc(-c2cc(-c3ccccc3)nc(-n3c4ccccc4c4c(-c5ccc6oc7ccccc7c6c5)cc5c6ccccc6oc5c43)c2)cc1. The van der Waals surface area contributed by atoms with Gasteiger partial charge in [0.2, 0.25) is 0 Å². The number of hydrogen-bond acceptors (Lipinski definition) is 3. The highest BCUT2D eigenvalue weighted by Gasteiger charge is 2.24. The van der Waals surface area contributed by atoms with E-state index in [9.17, 15) is 0 Å². The largest absolute Gasteiger partial charge is 0.456 e. The highest BCUT2D eigenvalue weighted by molar-refractivity contribution is 6.26. The molecule has 238 valence electrons. The lowest BCUT2D eigenvalue weighted by Gasteiger charge is -2.13. The van der Waals surface area contributed by atoms with E-state index in [1.165, 1.54) is 0 Å². The third-order valence-electron chi connectivity index (χ3n) is 10.2. The van der Waals surface area contributed by atoms with Crippen molar-refractivity contribution in [3.05, 3.63) is 170 Å². The van der Waals surface area contributed by atoms with Gasteiger partial charge in [-0.25, -0.2) is 4.98 Å². The van der Waals surface area contributed by atoms with E-state index in [4.69, 9.17) is 13.8 Å². The molecule has 0 aliphatic rings. The van der Waals surface area contributed by atoms with Crippen LogP contribution in [-0.2, 0) is 0 Å². The summed E-state index contributed by atoms with van der Waals surface area (Å²) < 4.78 is 15.4. The molecule has 0 unspecified atom stereocenters. The Morgan fingerprint density at radius 2 is 1.04 bits per heavy atom. The maximum Gasteiger partial charge on any atom is 0.160 e. The Labute approximate surface area is 292 Å². The number of rotatable bonds is 4. The molecule has 0 spiro atoms. The molecule has 0 saturated heterocycles. The summed E-state index contributed by atoms with van der Waals surface area (Å²) in [6.07, 6.45) is 0. The number of pyridine rings is 1. The molecular weight excluding hydrogens is 625 g/mol. The summed E-state index contributed by atoms with van der Waals surface area (Å²) in [6, 6.07) is 59.4. The van der Waals surface area contributed by atoms with Crippen molar-refractivity contribution in [2.24, 2.45) is 0 Å². The zero-order valence-electron chi connectivity index (χ0n) is 27.4. The first-order chi connectivity index (χ1) is 25.3. The lowest BCUT2D eigenvalue weighted by molar-refractivity contribution is 0.669. The lowest BCUT2D eigenvalue weighted by Crippen LogP contribution is -2.00. The van der Waals surface area contributed by atoms with Crippen molar-refractivity contribution in [2.45, 2.75) is 0 Å². The summed E-state index contributed by atoms with van der Waals surface area (Å²) in [5.74, 6) is 0.830. The highest BCUT2D eigenvalue weighted by atomic mass is 16.3. The molecule has 0 bridgehead atoms. The van der Waals surface area contributed by atoms with Gasteiger partial charge in [0.05, 0.1) is 16.7 Å². The summed E-state index contributed by atoms with van der Waals surface area (Å²) in [6.45, 7) is 0. The number of hydrogen-bond donors (Lipinski definition) is 0. The van der Waals surface area contributed by atoms with Crippen LogP contribution in [0.4, 0.5) is 0 Å². The summed E-state index contributed by atoms with van der Waals surface area (Å²) in [4.78, 5) is 5.41. The third kappa shape index (κ3) is 4.23. The van der Waals surface area contributed by atoms with Crippen LogP contribution in [0.25, 0.3) is 105 Å². The highest BCUT2D eigenvalue weighted by Crippen LogP contribution is 2.46. The average Bonchev–Trinajstić information content (AvgIpc) is 3.88. The summed E-state index contributed by atoms with van der Waals surface area (Å²) in [5.41, 5.74) is 12.0. The zero-order valence-corrected chi connectivity index (χ0v) is 27.4. The second-order valence-electron chi connectivity index (χ2n) is 13.1. The van der Waals surface area contributed by atoms with Crippen LogP contribution in [0.2, 0.25) is 0 Å². The molecule has 11 rings (SSSR count). The molecule has 0 atom stereocenters. The predicted octanol–water partition coefficient (Wildman–Crippen LogP) is 13.0. The summed E-state index contributed by atoms with van der Waals surface area (Å²) in [7, 11) is 0. The average molecular weight is 653 g/mol. The minimum atomic E-state index is 0.830. The van der Waals surface area contributed by atoms with Gasteiger partial charge in [-0.1, -0.05) is 121 Å². The predicted molar refractivity (Wildman–Crippen MR) is 209 cm³/mol. The maximum atomic E-state index is 6.83. The molecule has 7 aromatic carbocycles. The van der Waals surface area contributed by atoms with Crippen molar-refractivity contribution in [3.8, 4) is 39.3 Å². The standard InChI is InChI=1S/C47H28N2O2/c1-3-13-29(14-4-1)32-26-39(30-15-5-2-6-16-30)48-44(27-32)49-40-20-10-7-19-35(40)45-36(28-38-34-18-9-12-22-42(34)51-47(38)46(45)49)31-23-24-43-37(25-31)33-17-8-11-21-41(33)50-43/h1-28H. The van der Waals surface area contributed by atoms with Crippen molar-refractivity contribution in [2.75, 3.05) is 0 Å². The number of para-hydroxylation sites is 3. The molecule has 0 saturated carbocycles. The number of furan rings is 2. The molecule has 11 aromatic rings. The third-order valence-corrected chi connectivity index (χ3v) is 10.2. The minimum absolute atomic E-state index is 0.830. The van der Waals surface area contributed by atoms with E-state index in [0.29, 0.717) is 0 Å². The van der Waals surface area contributed by atoms with E-state index in [-0.39, 0.29) is 0 Å². The fourth-order valence-corrected chi connectivity index (χ4v) is 7.87. The van der Waals surface area contributed by atoms with Gasteiger partial charge < -0.3 is 8.83 Å². The molecule has 0 N–H and O–H groups in total. The van der Waals surface area contributed by atoms with Crippen LogP contribution in [0.1, 0.15) is 0 Å². The second-order valence-corrected chi connectivity index (χ2v) is 13.1. The normalized spacial score (nSPS) is 11.9. The van der Waals surface area contributed by atoms with Crippen molar-refractivity contribution in [1.82, 2.24) is 9.55 Å². The van der Waals surface area contributed by atoms with Crippen LogP contribution >= 0.6 is 0 Å². The van der Waals surface area contributed by atoms with Crippen LogP contribution in [0, 0.1) is 0 Å². The molecule has 0 aliphatic heterocycles. The van der Waals surface area contributed by atoms with Gasteiger partial charge >= 0.3 is 0 Å². The van der Waals surface area contributed by atoms with E-state index in [1.54, 1.807) is 0 Å². The molecule has 0 aliphatic carbocycles. The number of benzene rings is 7. The lowest BCUT2D eigenvalue weighted by atomic mass is 9.95. The van der Waals surface area contributed by atoms with Gasteiger partial charge in [0, 0.05) is 37.9 Å². The summed E-state index contributed by atoms with van der Waals surface area (Å²) >= 11 is 0. The molecule has 4 heterocycles. The molecule has 0 fully saturated rings. The fourth-order valence-electron chi connectivity index (χ4n) is 7.87. The maximum absolute atomic E-state index is 6.83. The Bertz CT molecular complexity index is 3070. The van der Waals surface area contributed by atoms with Gasteiger partial charge in [-0.3, -0.25) is 4.57 Å². The molecule has 4 aromatic heterocycles. The molecular formula is C47H28N2O2. The molecule has 0 radical (unpaired) electrons. The van der Waals surface area contributed by atoms with E-state index >= 15 is 0 Å². The van der Waals surface area contributed by atoms with Crippen LogP contribution < -0.4 is 0 Å². The van der Waals surface area contributed by atoms with Crippen molar-refractivity contribution < 1.29 is 8.83 Å². The Kier molecular flexibility index (Phi) is 5.92. The Hall–Kier alpha value is -6.91. The smallest absolute Gasteiger partial charge is 0.160 e. The molecule has 0 amide bonds. The molecule has 51 heavy (non-hydrogen) atoms. The quantitative estimate of drug-likeness (QED) is 0.190. The zero-order chi connectivity index (χ0) is 33.5. The first kappa shape index (κ1) is 28.0. The number of fused-ring (bicyclic) bond motifs is 10. The van der Waals surface area contributed by atoms with Gasteiger partial charge in [-0.15, -0.1) is 0 Å². The van der Waals surface area contributed by atoms with Crippen LogP contribution in [0.3, 0.4) is 0 Å². The van der Waals surface area contributed by atoms with Gasteiger partial charge in [0.25, 0.3) is 0 Å². The topological polar surface area (TPSA) is 44.1 Å². The van der Waals surface area contributed by atoms with Crippen molar-refractivity contribution in [3.63, 3.8) is 0 Å². The molecule has 4 heteroatoms. The second kappa shape index (κ2) is 10.8. The fraction of sp³-hybridized carbons (Fsp3) is 0. The number of aromatic nitrogens is 2. The Morgan fingerprint density at radius 1 is 0.412 bits per heavy atom. The monoisotopic (exact) mass is 652 g/mol. The van der Waals surface area contributed by atoms with Gasteiger partial charge in [-0.2, -0.15) is 0 Å². The van der Waals surface area contributed by atoms with Crippen molar-refractivity contribution in [1.29, 1.82) is 0 Å². The Morgan fingerprint density at radius 3 is 1.82 bits per heavy atom. The van der Waals surface area contributed by atoms with E-state index in [0.717, 1.165) is 105 Å². The first-order valence-corrected chi connectivity index (χ1v) is 17.2. The Balaban J connectivity index is 1.30. The van der Waals surface area contributed by atoms with E-state index in [1.807, 2.05) is 24.3 Å².